The van der Waals surface area contributed by atoms with E-state index in [1.54, 1.807) is 50.2 Å². The molecule has 122 valence electrons. The molecule has 1 aromatic heterocycles. The zero-order valence-corrected chi connectivity index (χ0v) is 13.9. The number of aromatic hydroxyl groups is 1. The summed E-state index contributed by atoms with van der Waals surface area (Å²) in [6, 6.07) is 10.3. The van der Waals surface area contributed by atoms with Crippen molar-refractivity contribution in [1.29, 1.82) is 0 Å². The zero-order valence-electron chi connectivity index (χ0n) is 13.1. The Hall–Kier alpha value is -2.79. The molecule has 0 saturated heterocycles. The van der Waals surface area contributed by atoms with E-state index >= 15 is 0 Å². The molecule has 3 aromatic rings. The van der Waals surface area contributed by atoms with Gasteiger partial charge in [-0.1, -0.05) is 11.6 Å². The number of carbonyl (C=O) groups excluding carboxylic acids is 1. The van der Waals surface area contributed by atoms with Gasteiger partial charge in [0.15, 0.2) is 5.76 Å². The van der Waals surface area contributed by atoms with Crippen LogP contribution >= 0.6 is 11.6 Å². The monoisotopic (exact) mass is 342 g/mol. The van der Waals surface area contributed by atoms with Crippen LogP contribution in [0.4, 0.5) is 0 Å². The van der Waals surface area contributed by atoms with Crippen molar-refractivity contribution in [2.24, 2.45) is 5.10 Å². The van der Waals surface area contributed by atoms with Gasteiger partial charge in [0.05, 0.1) is 6.21 Å². The van der Waals surface area contributed by atoms with E-state index in [1.807, 2.05) is 0 Å². The topological polar surface area (TPSA) is 74.8 Å². The van der Waals surface area contributed by atoms with Gasteiger partial charge >= 0.3 is 5.91 Å². The van der Waals surface area contributed by atoms with E-state index in [0.717, 1.165) is 22.1 Å². The predicted molar refractivity (Wildman–Crippen MR) is 93.9 cm³/mol. The number of carbonyl (C=O) groups is 1. The Morgan fingerprint density at radius 2 is 1.92 bits per heavy atom. The fourth-order valence-corrected chi connectivity index (χ4v) is 2.59. The van der Waals surface area contributed by atoms with Crippen molar-refractivity contribution in [3.8, 4) is 5.75 Å². The first-order valence-electron chi connectivity index (χ1n) is 7.27. The van der Waals surface area contributed by atoms with Crippen molar-refractivity contribution in [2.75, 3.05) is 0 Å². The highest BCUT2D eigenvalue weighted by atomic mass is 35.5. The number of nitrogens with one attached hydrogen (secondary N) is 1. The van der Waals surface area contributed by atoms with Crippen molar-refractivity contribution >= 4 is 34.7 Å². The molecular weight excluding hydrogens is 328 g/mol. The van der Waals surface area contributed by atoms with E-state index in [4.69, 9.17) is 16.0 Å². The minimum atomic E-state index is -0.453. The molecule has 2 N–H and O–H groups in total. The van der Waals surface area contributed by atoms with Gasteiger partial charge in [-0.05, 0) is 66.9 Å². The molecule has 24 heavy (non-hydrogen) atoms. The number of hydrogen-bond donors (Lipinski definition) is 2. The maximum atomic E-state index is 12.1. The van der Waals surface area contributed by atoms with Gasteiger partial charge in [-0.2, -0.15) is 5.10 Å². The van der Waals surface area contributed by atoms with Gasteiger partial charge in [-0.25, -0.2) is 5.43 Å². The lowest BCUT2D eigenvalue weighted by atomic mass is 10.1. The molecule has 0 aliphatic carbocycles. The molecule has 1 amide bonds. The largest absolute Gasteiger partial charge is 0.507 e. The van der Waals surface area contributed by atoms with Crippen LogP contribution in [0.1, 0.15) is 27.2 Å². The third-order valence-corrected chi connectivity index (χ3v) is 3.83. The van der Waals surface area contributed by atoms with Crippen LogP contribution < -0.4 is 5.43 Å². The molecule has 5 nitrogen and oxygen atoms in total. The molecule has 0 unspecified atom stereocenters. The van der Waals surface area contributed by atoms with E-state index in [1.165, 1.54) is 6.21 Å². The number of benzene rings is 2. The number of halogens is 1. The van der Waals surface area contributed by atoms with Crippen molar-refractivity contribution in [2.45, 2.75) is 13.8 Å². The molecule has 3 rings (SSSR count). The number of phenols is 1. The molecule has 0 saturated carbocycles. The van der Waals surface area contributed by atoms with Gasteiger partial charge < -0.3 is 9.52 Å². The molecule has 0 bridgehead atoms. The number of aryl methyl sites for hydroxylation is 2. The van der Waals surface area contributed by atoms with Crippen LogP contribution in [-0.4, -0.2) is 17.2 Å². The summed E-state index contributed by atoms with van der Waals surface area (Å²) in [6.07, 6.45) is 1.51. The Bertz CT molecular complexity index is 937. The number of furan rings is 1. The Labute approximate surface area is 143 Å². The van der Waals surface area contributed by atoms with Gasteiger partial charge in [0, 0.05) is 10.4 Å². The molecule has 0 radical (unpaired) electrons. The first kappa shape index (κ1) is 16.1. The van der Waals surface area contributed by atoms with Crippen molar-refractivity contribution < 1.29 is 14.3 Å². The predicted octanol–water partition coefficient (Wildman–Crippen LogP) is 4.17. The Kier molecular flexibility index (Phi) is 4.27. The second kappa shape index (κ2) is 6.37. The lowest BCUT2D eigenvalue weighted by Crippen LogP contribution is -2.16. The van der Waals surface area contributed by atoms with Crippen LogP contribution in [0.2, 0.25) is 5.02 Å². The van der Waals surface area contributed by atoms with Gasteiger partial charge in [0.25, 0.3) is 0 Å². The highest BCUT2D eigenvalue weighted by Crippen LogP contribution is 2.23. The minimum absolute atomic E-state index is 0.155. The third-order valence-electron chi connectivity index (χ3n) is 3.60. The molecule has 0 fully saturated rings. The van der Waals surface area contributed by atoms with Crippen LogP contribution in [0.25, 0.3) is 11.0 Å². The second-order valence-corrected chi connectivity index (χ2v) is 5.93. The van der Waals surface area contributed by atoms with Gasteiger partial charge in [0.2, 0.25) is 0 Å². The lowest BCUT2D eigenvalue weighted by molar-refractivity contribution is 0.0929. The number of hydrazone groups is 1. The highest BCUT2D eigenvalue weighted by molar-refractivity contribution is 6.31. The minimum Gasteiger partial charge on any atom is -0.507 e. The summed E-state index contributed by atoms with van der Waals surface area (Å²) >= 11 is 5.91. The Morgan fingerprint density at radius 3 is 2.62 bits per heavy atom. The summed E-state index contributed by atoms with van der Waals surface area (Å²) in [6.45, 7) is 3.61. The summed E-state index contributed by atoms with van der Waals surface area (Å²) < 4.78 is 5.46. The maximum absolute atomic E-state index is 12.1. The number of nitrogens with zero attached hydrogens (tertiary/aromatic N) is 1. The number of phenolic OH excluding ortho intramolecular Hbond substituents is 1. The van der Waals surface area contributed by atoms with Crippen molar-refractivity contribution in [3.05, 3.63) is 63.9 Å². The van der Waals surface area contributed by atoms with Crippen LogP contribution in [0.3, 0.4) is 0 Å². The molecule has 0 aliphatic rings. The average molecular weight is 343 g/mol. The Balaban J connectivity index is 1.74. The molecule has 0 spiro atoms. The SMILES string of the molecule is Cc1cc(C=NNC(=O)c2cc3cc(Cl)ccc3o2)cc(C)c1O. The summed E-state index contributed by atoms with van der Waals surface area (Å²) in [7, 11) is 0. The van der Waals surface area contributed by atoms with Crippen molar-refractivity contribution in [1.82, 2.24) is 5.43 Å². The molecule has 6 heteroatoms. The number of fused-ring (bicyclic) bond motifs is 1. The number of hydrogen-bond acceptors (Lipinski definition) is 4. The maximum Gasteiger partial charge on any atom is 0.307 e. The summed E-state index contributed by atoms with van der Waals surface area (Å²) in [4.78, 5) is 12.1. The van der Waals surface area contributed by atoms with Gasteiger partial charge in [-0.15, -0.1) is 0 Å². The van der Waals surface area contributed by atoms with E-state index in [2.05, 4.69) is 10.5 Å². The quantitative estimate of drug-likeness (QED) is 0.554. The molecule has 0 aliphatic heterocycles. The second-order valence-electron chi connectivity index (χ2n) is 5.50. The first-order valence-corrected chi connectivity index (χ1v) is 7.64. The fourth-order valence-electron chi connectivity index (χ4n) is 2.41. The average Bonchev–Trinajstić information content (AvgIpc) is 2.95. The van der Waals surface area contributed by atoms with Crippen LogP contribution in [0, 0.1) is 13.8 Å². The summed E-state index contributed by atoms with van der Waals surface area (Å²) in [5, 5.41) is 15.0. The standard InChI is InChI=1S/C18H15ClN2O3/c1-10-5-12(6-11(2)17(10)22)9-20-21-18(23)16-8-13-7-14(19)3-4-15(13)24-16/h3-9,22H,1-2H3,(H,21,23). The third kappa shape index (κ3) is 3.26. The molecule has 1 heterocycles. The smallest absolute Gasteiger partial charge is 0.307 e. The molecule has 2 aromatic carbocycles. The summed E-state index contributed by atoms with van der Waals surface area (Å²) in [5.74, 6) is -0.0367. The molecule has 0 atom stereocenters. The number of rotatable bonds is 3. The highest BCUT2D eigenvalue weighted by Gasteiger charge is 2.11. The summed E-state index contributed by atoms with van der Waals surface area (Å²) in [5.41, 5.74) is 5.27. The van der Waals surface area contributed by atoms with E-state index in [0.29, 0.717) is 10.6 Å². The van der Waals surface area contributed by atoms with Crippen LogP contribution in [0.5, 0.6) is 5.75 Å². The van der Waals surface area contributed by atoms with Gasteiger partial charge in [-0.3, -0.25) is 4.79 Å². The van der Waals surface area contributed by atoms with Crippen molar-refractivity contribution in [3.63, 3.8) is 0 Å². The van der Waals surface area contributed by atoms with Crippen LogP contribution in [0.15, 0.2) is 45.9 Å². The fraction of sp³-hybridized carbons (Fsp3) is 0.111. The normalized spacial score (nSPS) is 11.3. The van der Waals surface area contributed by atoms with E-state index in [-0.39, 0.29) is 11.5 Å². The lowest BCUT2D eigenvalue weighted by Gasteiger charge is -2.04. The Morgan fingerprint density at radius 1 is 1.21 bits per heavy atom. The zero-order chi connectivity index (χ0) is 17.3. The first-order chi connectivity index (χ1) is 11.4. The number of amides is 1. The van der Waals surface area contributed by atoms with E-state index < -0.39 is 5.91 Å². The van der Waals surface area contributed by atoms with Crippen LogP contribution in [-0.2, 0) is 0 Å². The molecular formula is C18H15ClN2O3. The van der Waals surface area contributed by atoms with E-state index in [9.17, 15) is 9.90 Å². The van der Waals surface area contributed by atoms with Gasteiger partial charge in [0.1, 0.15) is 11.3 Å².